The Labute approximate surface area is 173 Å². The summed E-state index contributed by atoms with van der Waals surface area (Å²) in [5.74, 6) is 2.44. The Morgan fingerprint density at radius 2 is 1.89 bits per heavy atom. The molecule has 0 atom stereocenters. The molecule has 4 nitrogen and oxygen atoms in total. The maximum absolute atomic E-state index is 6.09. The smallest absolute Gasteiger partial charge is 0.191 e. The minimum Gasteiger partial charge on any atom is -0.485 e. The van der Waals surface area contributed by atoms with Crippen LogP contribution in [0.3, 0.4) is 0 Å². The van der Waals surface area contributed by atoms with Gasteiger partial charge in [0.2, 0.25) is 0 Å². The van der Waals surface area contributed by atoms with E-state index in [-0.39, 0.29) is 0 Å². The number of hydrogen-bond donors (Lipinski definition) is 0. The number of ether oxygens (including phenoxy) is 1. The predicted octanol–water partition coefficient (Wildman–Crippen LogP) is 6.09. The zero-order chi connectivity index (χ0) is 19.4. The van der Waals surface area contributed by atoms with Crippen LogP contribution in [0.1, 0.15) is 29.4 Å². The highest BCUT2D eigenvalue weighted by Gasteiger charge is 2.13. The van der Waals surface area contributed by atoms with Crippen LogP contribution >= 0.6 is 35.0 Å². The lowest BCUT2D eigenvalue weighted by molar-refractivity contribution is 0.286. The highest BCUT2D eigenvalue weighted by atomic mass is 35.5. The highest BCUT2D eigenvalue weighted by molar-refractivity contribution is 7.98. The molecule has 2 aromatic carbocycles. The van der Waals surface area contributed by atoms with E-state index in [2.05, 4.69) is 41.6 Å². The lowest BCUT2D eigenvalue weighted by Gasteiger charge is -2.11. The molecule has 0 aliphatic rings. The average molecular weight is 422 g/mol. The number of halogens is 2. The van der Waals surface area contributed by atoms with E-state index >= 15 is 0 Å². The molecule has 142 valence electrons. The Morgan fingerprint density at radius 3 is 2.63 bits per heavy atom. The summed E-state index contributed by atoms with van der Waals surface area (Å²) < 4.78 is 8.06. The first-order chi connectivity index (χ1) is 13.0. The van der Waals surface area contributed by atoms with Crippen LogP contribution in [-0.2, 0) is 18.9 Å². The van der Waals surface area contributed by atoms with Gasteiger partial charge >= 0.3 is 0 Å². The van der Waals surface area contributed by atoms with Gasteiger partial charge in [0.1, 0.15) is 12.4 Å². The Balaban J connectivity index is 1.68. The van der Waals surface area contributed by atoms with E-state index in [1.165, 1.54) is 5.56 Å². The van der Waals surface area contributed by atoms with Crippen molar-refractivity contribution < 1.29 is 4.74 Å². The summed E-state index contributed by atoms with van der Waals surface area (Å²) in [4.78, 5) is 0. The molecule has 0 N–H and O–H groups in total. The summed E-state index contributed by atoms with van der Waals surface area (Å²) in [5.41, 5.74) is 3.45. The van der Waals surface area contributed by atoms with Gasteiger partial charge in [0.25, 0.3) is 0 Å². The molecule has 0 aliphatic carbocycles. The molecule has 0 bridgehead atoms. The molecular formula is C20H21Cl2N3OS. The summed E-state index contributed by atoms with van der Waals surface area (Å²) in [6.07, 6.45) is 0. The molecule has 0 unspecified atom stereocenters. The van der Waals surface area contributed by atoms with Crippen LogP contribution in [0.5, 0.6) is 5.75 Å². The van der Waals surface area contributed by atoms with Crippen molar-refractivity contribution in [3.8, 4) is 5.75 Å². The van der Waals surface area contributed by atoms with E-state index in [9.17, 15) is 0 Å². The first kappa shape index (κ1) is 20.1. The minimum absolute atomic E-state index is 0.387. The number of rotatable bonds is 7. The van der Waals surface area contributed by atoms with Gasteiger partial charge in [-0.15, -0.1) is 10.2 Å². The van der Waals surface area contributed by atoms with Crippen molar-refractivity contribution >= 4 is 35.0 Å². The van der Waals surface area contributed by atoms with Crippen LogP contribution in [-0.4, -0.2) is 14.8 Å². The Kier molecular flexibility index (Phi) is 6.68. The summed E-state index contributed by atoms with van der Waals surface area (Å²) in [6, 6.07) is 11.7. The van der Waals surface area contributed by atoms with Crippen molar-refractivity contribution in [1.82, 2.24) is 14.8 Å². The average Bonchev–Trinajstić information content (AvgIpc) is 3.05. The van der Waals surface area contributed by atoms with Crippen LogP contribution in [0.15, 0.2) is 41.6 Å². The largest absolute Gasteiger partial charge is 0.485 e. The number of aromatic nitrogens is 3. The number of aryl methyl sites for hydroxylation is 1. The van der Waals surface area contributed by atoms with Gasteiger partial charge in [-0.3, -0.25) is 0 Å². The molecule has 7 heteroatoms. The highest BCUT2D eigenvalue weighted by Crippen LogP contribution is 2.28. The third-order valence-corrected chi connectivity index (χ3v) is 6.15. The monoisotopic (exact) mass is 421 g/mol. The molecule has 27 heavy (non-hydrogen) atoms. The Bertz CT molecular complexity index is 943. The second-order valence-corrected chi connectivity index (χ2v) is 7.92. The quantitative estimate of drug-likeness (QED) is 0.432. The minimum atomic E-state index is 0.387. The molecule has 1 heterocycles. The van der Waals surface area contributed by atoms with Crippen molar-refractivity contribution in [2.75, 3.05) is 0 Å². The number of thioether (sulfide) groups is 1. The predicted molar refractivity (Wildman–Crippen MR) is 112 cm³/mol. The summed E-state index contributed by atoms with van der Waals surface area (Å²) in [5, 5.41) is 10.6. The fraction of sp³-hybridized carbons (Fsp3) is 0.300. The maximum Gasteiger partial charge on any atom is 0.191 e. The van der Waals surface area contributed by atoms with E-state index in [0.717, 1.165) is 40.2 Å². The fourth-order valence-electron chi connectivity index (χ4n) is 2.65. The van der Waals surface area contributed by atoms with Gasteiger partial charge in [-0.05, 0) is 55.7 Å². The summed E-state index contributed by atoms with van der Waals surface area (Å²) in [6.45, 7) is 7.39. The second kappa shape index (κ2) is 9.00. The summed E-state index contributed by atoms with van der Waals surface area (Å²) >= 11 is 13.7. The van der Waals surface area contributed by atoms with E-state index < -0.39 is 0 Å². The van der Waals surface area contributed by atoms with Gasteiger partial charge in [0, 0.05) is 12.3 Å². The molecule has 0 saturated carbocycles. The van der Waals surface area contributed by atoms with Crippen LogP contribution in [0, 0.1) is 13.8 Å². The van der Waals surface area contributed by atoms with Crippen molar-refractivity contribution in [1.29, 1.82) is 0 Å². The van der Waals surface area contributed by atoms with Gasteiger partial charge in [0.15, 0.2) is 11.0 Å². The Hall–Kier alpha value is -1.69. The molecule has 3 rings (SSSR count). The van der Waals surface area contributed by atoms with E-state index in [1.54, 1.807) is 11.8 Å². The van der Waals surface area contributed by atoms with Crippen molar-refractivity contribution in [3.63, 3.8) is 0 Å². The van der Waals surface area contributed by atoms with E-state index in [4.69, 9.17) is 27.9 Å². The SMILES string of the molecule is CCn1c(COc2cccc(C)c2C)nnc1SCc1ccc(Cl)c(Cl)c1. The normalized spacial score (nSPS) is 11.0. The van der Waals surface area contributed by atoms with Crippen LogP contribution in [0.25, 0.3) is 0 Å². The molecule has 1 aromatic heterocycles. The Morgan fingerprint density at radius 1 is 1.07 bits per heavy atom. The first-order valence-electron chi connectivity index (χ1n) is 8.67. The summed E-state index contributed by atoms with van der Waals surface area (Å²) in [7, 11) is 0. The molecule has 0 spiro atoms. The van der Waals surface area contributed by atoms with Crippen LogP contribution in [0.2, 0.25) is 10.0 Å². The maximum atomic E-state index is 6.09. The van der Waals surface area contributed by atoms with Gasteiger partial charge in [-0.25, -0.2) is 0 Å². The van der Waals surface area contributed by atoms with Crippen molar-refractivity contribution in [3.05, 3.63) is 69.0 Å². The van der Waals surface area contributed by atoms with Gasteiger partial charge < -0.3 is 9.30 Å². The lowest BCUT2D eigenvalue weighted by Crippen LogP contribution is -2.07. The number of hydrogen-bond acceptors (Lipinski definition) is 4. The number of benzene rings is 2. The van der Waals surface area contributed by atoms with Crippen LogP contribution in [0.4, 0.5) is 0 Å². The third kappa shape index (κ3) is 4.78. The third-order valence-electron chi connectivity index (χ3n) is 4.37. The molecule has 3 aromatic rings. The molecule has 0 fully saturated rings. The van der Waals surface area contributed by atoms with Gasteiger partial charge in [0.05, 0.1) is 10.0 Å². The molecule has 0 saturated heterocycles. The number of nitrogens with zero attached hydrogens (tertiary/aromatic N) is 3. The lowest BCUT2D eigenvalue weighted by atomic mass is 10.1. The van der Waals surface area contributed by atoms with Gasteiger partial charge in [-0.2, -0.15) is 0 Å². The molecule has 0 aliphatic heterocycles. The van der Waals surface area contributed by atoms with E-state index in [0.29, 0.717) is 16.7 Å². The van der Waals surface area contributed by atoms with Crippen molar-refractivity contribution in [2.24, 2.45) is 0 Å². The topological polar surface area (TPSA) is 39.9 Å². The van der Waals surface area contributed by atoms with Crippen molar-refractivity contribution in [2.45, 2.75) is 44.8 Å². The second-order valence-electron chi connectivity index (χ2n) is 6.17. The molecule has 0 amide bonds. The van der Waals surface area contributed by atoms with E-state index in [1.807, 2.05) is 30.3 Å². The fourth-order valence-corrected chi connectivity index (χ4v) is 3.94. The standard InChI is InChI=1S/C20H21Cl2N3OS/c1-4-25-19(11-26-18-7-5-6-13(2)14(18)3)23-24-20(25)27-12-15-8-9-16(21)17(22)10-15/h5-10H,4,11-12H2,1-3H3. The molecule has 0 radical (unpaired) electrons. The zero-order valence-corrected chi connectivity index (χ0v) is 17.8. The van der Waals surface area contributed by atoms with Crippen LogP contribution < -0.4 is 4.74 Å². The zero-order valence-electron chi connectivity index (χ0n) is 15.5. The molecular weight excluding hydrogens is 401 g/mol. The van der Waals surface area contributed by atoms with Gasteiger partial charge in [-0.1, -0.05) is 53.2 Å². The first-order valence-corrected chi connectivity index (χ1v) is 10.4.